The Hall–Kier alpha value is -2.33. The Morgan fingerprint density at radius 2 is 1.79 bits per heavy atom. The maximum Gasteiger partial charge on any atom is 0.166 e. The fourth-order valence-corrected chi connectivity index (χ4v) is 4.18. The monoisotopic (exact) mass is 403 g/mol. The molecular weight excluding hydrogens is 362 g/mol. The SMILES string of the molecule is C.[2H]C([2H])([2H])Oc1cc2c(cc1OC([2H])([2H])[2H])C(=O)C(C([2H])([2H])C1CCN(Cc3ccccc3)CC1)C2. The van der Waals surface area contributed by atoms with Gasteiger partial charge in [0.1, 0.15) is 0 Å². The number of hydrogen-bond acceptors (Lipinski definition) is 4. The molecule has 1 atom stereocenters. The van der Waals surface area contributed by atoms with Crippen LogP contribution in [-0.4, -0.2) is 37.8 Å². The molecule has 0 aromatic heterocycles. The summed E-state index contributed by atoms with van der Waals surface area (Å²) >= 11 is 0. The van der Waals surface area contributed by atoms with Crippen LogP contribution in [0.15, 0.2) is 42.5 Å². The number of benzene rings is 2. The predicted molar refractivity (Wildman–Crippen MR) is 117 cm³/mol. The summed E-state index contributed by atoms with van der Waals surface area (Å²) in [5, 5.41) is 0. The van der Waals surface area contributed by atoms with Crippen molar-refractivity contribution in [2.24, 2.45) is 11.8 Å². The molecule has 1 heterocycles. The summed E-state index contributed by atoms with van der Waals surface area (Å²) in [6.45, 7) is 2.24. The van der Waals surface area contributed by atoms with E-state index in [1.165, 1.54) is 17.7 Å². The van der Waals surface area contributed by atoms with Gasteiger partial charge in [0.05, 0.1) is 22.3 Å². The van der Waals surface area contributed by atoms with Gasteiger partial charge >= 0.3 is 0 Å². The van der Waals surface area contributed by atoms with Gasteiger partial charge in [-0.1, -0.05) is 37.8 Å². The third-order valence-electron chi connectivity index (χ3n) is 5.67. The lowest BCUT2D eigenvalue weighted by Crippen LogP contribution is -2.34. The summed E-state index contributed by atoms with van der Waals surface area (Å²) < 4.78 is 71.9. The van der Waals surface area contributed by atoms with Gasteiger partial charge in [0, 0.05) is 20.8 Å². The maximum atomic E-state index is 13.3. The van der Waals surface area contributed by atoms with E-state index in [-0.39, 0.29) is 36.8 Å². The molecule has 0 spiro atoms. The fourth-order valence-electron chi connectivity index (χ4n) is 4.18. The van der Waals surface area contributed by atoms with Gasteiger partial charge in [-0.25, -0.2) is 0 Å². The van der Waals surface area contributed by atoms with Gasteiger partial charge in [0.2, 0.25) is 0 Å². The van der Waals surface area contributed by atoms with Crippen LogP contribution in [0.25, 0.3) is 0 Å². The molecule has 2 aromatic carbocycles. The van der Waals surface area contributed by atoms with Crippen LogP contribution in [0.2, 0.25) is 0 Å². The fraction of sp³-hybridized carbons (Fsp3) is 0.480. The van der Waals surface area contributed by atoms with Gasteiger partial charge in [-0.15, -0.1) is 0 Å². The van der Waals surface area contributed by atoms with E-state index in [2.05, 4.69) is 17.0 Å². The first-order chi connectivity index (χ1) is 16.7. The number of carbonyl (C=O) groups is 1. The number of carbonyl (C=O) groups excluding carboxylic acids is 1. The zero-order valence-electron chi connectivity index (χ0n) is 23.6. The van der Waals surface area contributed by atoms with Crippen LogP contribution in [0.4, 0.5) is 0 Å². The van der Waals surface area contributed by atoms with Crippen molar-refractivity contribution in [3.05, 3.63) is 59.2 Å². The Balaban J connectivity index is 0.00000380. The molecule has 4 nitrogen and oxygen atoms in total. The number of nitrogens with zero attached hydrogens (tertiary/aromatic N) is 1. The van der Waals surface area contributed by atoms with E-state index in [0.717, 1.165) is 19.6 Å². The minimum atomic E-state index is -2.88. The molecule has 156 valence electrons. The molecule has 1 saturated heterocycles. The quantitative estimate of drug-likeness (QED) is 0.681. The molecule has 1 aliphatic carbocycles. The Bertz CT molecular complexity index is 1090. The van der Waals surface area contributed by atoms with Crippen molar-refractivity contribution in [2.75, 3.05) is 27.2 Å². The number of rotatable bonds is 6. The van der Waals surface area contributed by atoms with Gasteiger partial charge in [-0.05, 0) is 67.9 Å². The summed E-state index contributed by atoms with van der Waals surface area (Å²) in [5.41, 5.74) is 1.76. The average molecular weight is 404 g/mol. The van der Waals surface area contributed by atoms with Crippen LogP contribution < -0.4 is 9.47 Å². The maximum absolute atomic E-state index is 13.3. The second-order valence-corrected chi connectivity index (χ2v) is 7.48. The van der Waals surface area contributed by atoms with Gasteiger partial charge < -0.3 is 9.47 Å². The minimum Gasteiger partial charge on any atom is -0.493 e. The Labute approximate surface area is 186 Å². The summed E-state index contributed by atoms with van der Waals surface area (Å²) in [5.74, 6) is -2.40. The Morgan fingerprint density at radius 3 is 2.48 bits per heavy atom. The van der Waals surface area contributed by atoms with Crippen molar-refractivity contribution in [2.45, 2.75) is 39.6 Å². The predicted octanol–water partition coefficient (Wildman–Crippen LogP) is 5.00. The molecular formula is C25H33NO3. The molecule has 2 aliphatic rings. The number of methoxy groups -OCH3 is 2. The van der Waals surface area contributed by atoms with E-state index in [4.69, 9.17) is 20.4 Å². The standard InChI is InChI=1S/C24H29NO3.CH4/c1-27-22-14-19-13-20(24(26)21(19)15-23(22)28-2)12-17-8-10-25(11-9-17)16-18-6-4-3-5-7-18;/h3-7,14-15,17,20H,8-13,16H2,1-2H3;1H4/i1D3,2D3,12D2;. The van der Waals surface area contributed by atoms with Crippen molar-refractivity contribution in [3.8, 4) is 11.5 Å². The smallest absolute Gasteiger partial charge is 0.166 e. The number of Topliss-reactive ketones (excluding diaryl/α,β-unsaturated/α-hetero) is 1. The molecule has 4 heteroatoms. The highest BCUT2D eigenvalue weighted by molar-refractivity contribution is 6.02. The summed E-state index contributed by atoms with van der Waals surface area (Å²) in [7, 11) is -5.74. The molecule has 1 unspecified atom stereocenters. The van der Waals surface area contributed by atoms with Gasteiger partial charge in [-0.3, -0.25) is 9.69 Å². The number of piperidine rings is 1. The summed E-state index contributed by atoms with van der Waals surface area (Å²) in [4.78, 5) is 15.6. The van der Waals surface area contributed by atoms with Crippen LogP contribution in [0.1, 0.15) is 59.1 Å². The van der Waals surface area contributed by atoms with Crippen LogP contribution >= 0.6 is 0 Å². The lowest BCUT2D eigenvalue weighted by atomic mass is 9.85. The largest absolute Gasteiger partial charge is 0.493 e. The normalized spacial score (nSPS) is 25.0. The van der Waals surface area contributed by atoms with E-state index < -0.39 is 32.1 Å². The van der Waals surface area contributed by atoms with Gasteiger partial charge in [0.25, 0.3) is 0 Å². The number of likely N-dealkylation sites (tertiary alicyclic amines) is 1. The Kier molecular flexibility index (Phi) is 4.26. The lowest BCUT2D eigenvalue weighted by molar-refractivity contribution is 0.0895. The molecule has 0 N–H and O–H groups in total. The molecule has 0 bridgehead atoms. The lowest BCUT2D eigenvalue weighted by Gasteiger charge is -2.32. The zero-order chi connectivity index (χ0) is 26.3. The highest BCUT2D eigenvalue weighted by Crippen LogP contribution is 2.39. The minimum absolute atomic E-state index is 0. The molecule has 1 fully saturated rings. The van der Waals surface area contributed by atoms with Crippen molar-refractivity contribution in [1.82, 2.24) is 4.90 Å². The van der Waals surface area contributed by atoms with E-state index >= 15 is 0 Å². The molecule has 0 saturated carbocycles. The van der Waals surface area contributed by atoms with Crippen molar-refractivity contribution in [3.63, 3.8) is 0 Å². The van der Waals surface area contributed by atoms with Gasteiger partial charge in [-0.2, -0.15) is 0 Å². The third kappa shape index (κ3) is 4.64. The molecule has 29 heavy (non-hydrogen) atoms. The third-order valence-corrected chi connectivity index (χ3v) is 5.67. The summed E-state index contributed by atoms with van der Waals surface area (Å²) in [6, 6.07) is 12.5. The number of hydrogen-bond donors (Lipinski definition) is 0. The van der Waals surface area contributed by atoms with E-state index in [9.17, 15) is 4.79 Å². The second-order valence-electron chi connectivity index (χ2n) is 7.48. The van der Waals surface area contributed by atoms with E-state index in [1.807, 2.05) is 18.2 Å². The first kappa shape index (κ1) is 13.1. The van der Waals surface area contributed by atoms with Crippen molar-refractivity contribution in [1.29, 1.82) is 0 Å². The highest BCUT2D eigenvalue weighted by atomic mass is 16.5. The number of ketones is 1. The van der Waals surface area contributed by atoms with Gasteiger partial charge in [0.15, 0.2) is 17.3 Å². The molecule has 1 aliphatic heterocycles. The number of fused-ring (bicyclic) bond motifs is 1. The first-order valence-corrected chi connectivity index (χ1v) is 9.58. The Morgan fingerprint density at radius 1 is 1.10 bits per heavy atom. The number of ether oxygens (including phenoxy) is 2. The van der Waals surface area contributed by atoms with Crippen LogP contribution in [0.5, 0.6) is 11.5 Å². The van der Waals surface area contributed by atoms with Crippen LogP contribution in [0.3, 0.4) is 0 Å². The average Bonchev–Trinajstić information content (AvgIpc) is 3.09. The topological polar surface area (TPSA) is 38.8 Å². The molecule has 4 rings (SSSR count). The van der Waals surface area contributed by atoms with E-state index in [1.54, 1.807) is 0 Å². The molecule has 0 amide bonds. The van der Waals surface area contributed by atoms with E-state index in [0.29, 0.717) is 18.4 Å². The first-order valence-electron chi connectivity index (χ1n) is 13.6. The van der Waals surface area contributed by atoms with Crippen molar-refractivity contribution >= 4 is 5.78 Å². The van der Waals surface area contributed by atoms with Crippen LogP contribution in [0, 0.1) is 11.8 Å². The highest BCUT2D eigenvalue weighted by Gasteiger charge is 2.34. The molecule has 2 aromatic rings. The van der Waals surface area contributed by atoms with Crippen LogP contribution in [-0.2, 0) is 13.0 Å². The summed E-state index contributed by atoms with van der Waals surface area (Å²) in [6.07, 6.45) is -0.483. The second kappa shape index (κ2) is 9.45. The molecule has 0 radical (unpaired) electrons. The zero-order valence-corrected chi connectivity index (χ0v) is 15.6. The van der Waals surface area contributed by atoms with Crippen molar-refractivity contribution < 1.29 is 25.2 Å².